The van der Waals surface area contributed by atoms with Gasteiger partial charge in [0.25, 0.3) is 0 Å². The number of halogens is 1. The molecule has 0 saturated carbocycles. The number of carbonyl (C=O) groups excluding carboxylic acids is 1. The zero-order valence-corrected chi connectivity index (χ0v) is 9.60. The van der Waals surface area contributed by atoms with Crippen molar-refractivity contribution in [1.82, 2.24) is 9.80 Å². The summed E-state index contributed by atoms with van der Waals surface area (Å²) in [5.74, 6) is -0.515. The molecule has 4 nitrogen and oxygen atoms in total. The van der Waals surface area contributed by atoms with Crippen LogP contribution in [0.15, 0.2) is 24.3 Å². The van der Waals surface area contributed by atoms with Gasteiger partial charge in [0.1, 0.15) is 5.82 Å². The molecule has 0 atom stereocenters. The third kappa shape index (κ3) is 3.51. The SMILES string of the molecule is NC(=O)CN1CCN(Cc2ccc(F)cc2)C1. The van der Waals surface area contributed by atoms with Crippen LogP contribution in [0.5, 0.6) is 0 Å². The topological polar surface area (TPSA) is 49.6 Å². The molecule has 0 aromatic heterocycles. The Balaban J connectivity index is 1.85. The summed E-state index contributed by atoms with van der Waals surface area (Å²) in [5, 5.41) is 0. The van der Waals surface area contributed by atoms with E-state index in [0.29, 0.717) is 6.54 Å². The summed E-state index contributed by atoms with van der Waals surface area (Å²) in [7, 11) is 0. The molecule has 1 aliphatic rings. The lowest BCUT2D eigenvalue weighted by atomic mass is 10.2. The van der Waals surface area contributed by atoms with Crippen LogP contribution >= 0.6 is 0 Å². The molecule has 0 bridgehead atoms. The number of nitrogens with zero attached hydrogens (tertiary/aromatic N) is 2. The fourth-order valence-corrected chi connectivity index (χ4v) is 2.03. The average molecular weight is 237 g/mol. The van der Waals surface area contributed by atoms with Crippen molar-refractivity contribution >= 4 is 5.91 Å². The van der Waals surface area contributed by atoms with Crippen LogP contribution in [0.2, 0.25) is 0 Å². The van der Waals surface area contributed by atoms with Crippen molar-refractivity contribution in [2.45, 2.75) is 6.54 Å². The Morgan fingerprint density at radius 3 is 2.53 bits per heavy atom. The van der Waals surface area contributed by atoms with Gasteiger partial charge in [0.05, 0.1) is 13.2 Å². The Morgan fingerprint density at radius 2 is 1.88 bits per heavy atom. The van der Waals surface area contributed by atoms with Crippen molar-refractivity contribution in [3.8, 4) is 0 Å². The molecular weight excluding hydrogens is 221 g/mol. The van der Waals surface area contributed by atoms with Crippen molar-refractivity contribution in [2.75, 3.05) is 26.3 Å². The van der Waals surface area contributed by atoms with Gasteiger partial charge in [-0.3, -0.25) is 14.6 Å². The van der Waals surface area contributed by atoms with Gasteiger partial charge in [-0.05, 0) is 17.7 Å². The summed E-state index contributed by atoms with van der Waals surface area (Å²) in [5.41, 5.74) is 6.22. The van der Waals surface area contributed by atoms with E-state index in [9.17, 15) is 9.18 Å². The smallest absolute Gasteiger partial charge is 0.231 e. The molecule has 0 unspecified atom stereocenters. The van der Waals surface area contributed by atoms with Gasteiger partial charge < -0.3 is 5.73 Å². The molecule has 1 aromatic rings. The van der Waals surface area contributed by atoms with Crippen LogP contribution in [0.25, 0.3) is 0 Å². The van der Waals surface area contributed by atoms with Gasteiger partial charge in [0.2, 0.25) is 5.91 Å². The molecule has 1 amide bonds. The minimum absolute atomic E-state index is 0.217. The summed E-state index contributed by atoms with van der Waals surface area (Å²) in [4.78, 5) is 15.0. The largest absolute Gasteiger partial charge is 0.369 e. The number of hydrogen-bond acceptors (Lipinski definition) is 3. The molecular formula is C12H16FN3O. The second-order valence-electron chi connectivity index (χ2n) is 4.34. The Kier molecular flexibility index (Phi) is 3.71. The number of hydrogen-bond donors (Lipinski definition) is 1. The molecule has 5 heteroatoms. The average Bonchev–Trinajstić information content (AvgIpc) is 2.68. The molecule has 1 aliphatic heterocycles. The second kappa shape index (κ2) is 5.25. The minimum Gasteiger partial charge on any atom is -0.369 e. The zero-order valence-electron chi connectivity index (χ0n) is 9.60. The van der Waals surface area contributed by atoms with Gasteiger partial charge in [0.15, 0.2) is 0 Å². The number of benzene rings is 1. The van der Waals surface area contributed by atoms with Crippen LogP contribution < -0.4 is 5.73 Å². The van der Waals surface area contributed by atoms with Crippen molar-refractivity contribution in [3.05, 3.63) is 35.6 Å². The first-order valence-electron chi connectivity index (χ1n) is 5.61. The first-order valence-corrected chi connectivity index (χ1v) is 5.61. The molecule has 2 rings (SSSR count). The van der Waals surface area contributed by atoms with Gasteiger partial charge in [-0.2, -0.15) is 0 Å². The van der Waals surface area contributed by atoms with Crippen LogP contribution in [0.1, 0.15) is 5.56 Å². The van der Waals surface area contributed by atoms with Crippen molar-refractivity contribution in [1.29, 1.82) is 0 Å². The maximum Gasteiger partial charge on any atom is 0.231 e. The van der Waals surface area contributed by atoms with Crippen LogP contribution in [-0.2, 0) is 11.3 Å². The van der Waals surface area contributed by atoms with Crippen LogP contribution in [0.3, 0.4) is 0 Å². The van der Waals surface area contributed by atoms with E-state index in [1.165, 1.54) is 12.1 Å². The highest BCUT2D eigenvalue weighted by Crippen LogP contribution is 2.11. The van der Waals surface area contributed by atoms with Crippen LogP contribution in [0, 0.1) is 5.82 Å². The maximum absolute atomic E-state index is 12.7. The zero-order chi connectivity index (χ0) is 12.3. The minimum atomic E-state index is -0.298. The molecule has 17 heavy (non-hydrogen) atoms. The summed E-state index contributed by atoms with van der Waals surface area (Å²) in [6.07, 6.45) is 0. The van der Waals surface area contributed by atoms with Crippen LogP contribution in [-0.4, -0.2) is 42.0 Å². The lowest BCUT2D eigenvalue weighted by molar-refractivity contribution is -0.119. The quantitative estimate of drug-likeness (QED) is 0.824. The van der Waals surface area contributed by atoms with E-state index in [0.717, 1.165) is 31.9 Å². The second-order valence-corrected chi connectivity index (χ2v) is 4.34. The fraction of sp³-hybridized carbons (Fsp3) is 0.417. The summed E-state index contributed by atoms with van der Waals surface area (Å²) in [6.45, 7) is 3.57. The lowest BCUT2D eigenvalue weighted by Gasteiger charge is -2.16. The highest BCUT2D eigenvalue weighted by atomic mass is 19.1. The number of primary amides is 1. The van der Waals surface area contributed by atoms with E-state index in [1.54, 1.807) is 12.1 Å². The normalized spacial score (nSPS) is 17.5. The first-order chi connectivity index (χ1) is 8.13. The lowest BCUT2D eigenvalue weighted by Crippen LogP contribution is -2.33. The van der Waals surface area contributed by atoms with Crippen molar-refractivity contribution in [2.24, 2.45) is 5.73 Å². The fourth-order valence-electron chi connectivity index (χ4n) is 2.03. The van der Waals surface area contributed by atoms with E-state index < -0.39 is 0 Å². The third-order valence-electron chi connectivity index (χ3n) is 2.83. The number of nitrogens with two attached hydrogens (primary N) is 1. The Bertz CT molecular complexity index is 393. The highest BCUT2D eigenvalue weighted by molar-refractivity contribution is 5.75. The van der Waals surface area contributed by atoms with E-state index in [-0.39, 0.29) is 11.7 Å². The predicted molar refractivity (Wildman–Crippen MR) is 62.4 cm³/mol. The van der Waals surface area contributed by atoms with E-state index in [2.05, 4.69) is 4.90 Å². The van der Waals surface area contributed by atoms with Gasteiger partial charge in [-0.25, -0.2) is 4.39 Å². The number of carbonyl (C=O) groups is 1. The van der Waals surface area contributed by atoms with Gasteiger partial charge in [-0.15, -0.1) is 0 Å². The molecule has 92 valence electrons. The molecule has 2 N–H and O–H groups in total. The molecule has 0 radical (unpaired) electrons. The summed E-state index contributed by atoms with van der Waals surface area (Å²) in [6, 6.07) is 6.50. The maximum atomic E-state index is 12.7. The number of amides is 1. The Labute approximate surface area is 99.8 Å². The first kappa shape index (κ1) is 12.0. The molecule has 1 saturated heterocycles. The highest BCUT2D eigenvalue weighted by Gasteiger charge is 2.20. The number of rotatable bonds is 4. The molecule has 1 aromatic carbocycles. The summed E-state index contributed by atoms with van der Waals surface area (Å²) < 4.78 is 12.7. The standard InChI is InChI=1S/C12H16FN3O/c13-11-3-1-10(2-4-11)7-15-5-6-16(9-15)8-12(14)17/h1-4H,5-9H2,(H2,14,17). The molecule has 1 fully saturated rings. The Morgan fingerprint density at radius 1 is 1.24 bits per heavy atom. The molecule has 0 spiro atoms. The third-order valence-corrected chi connectivity index (χ3v) is 2.83. The van der Waals surface area contributed by atoms with Crippen LogP contribution in [0.4, 0.5) is 4.39 Å². The van der Waals surface area contributed by atoms with Gasteiger partial charge in [-0.1, -0.05) is 12.1 Å². The molecule has 0 aliphatic carbocycles. The van der Waals surface area contributed by atoms with Crippen molar-refractivity contribution in [3.63, 3.8) is 0 Å². The predicted octanol–water partition coefficient (Wildman–Crippen LogP) is 0.386. The molecule has 1 heterocycles. The van der Waals surface area contributed by atoms with E-state index in [1.807, 2.05) is 4.90 Å². The monoisotopic (exact) mass is 237 g/mol. The van der Waals surface area contributed by atoms with E-state index in [4.69, 9.17) is 5.73 Å². The van der Waals surface area contributed by atoms with Crippen molar-refractivity contribution < 1.29 is 9.18 Å². The summed E-state index contributed by atoms with van der Waals surface area (Å²) >= 11 is 0. The van der Waals surface area contributed by atoms with E-state index >= 15 is 0 Å². The van der Waals surface area contributed by atoms with Gasteiger partial charge in [0, 0.05) is 19.6 Å². The Hall–Kier alpha value is -1.46. The van der Waals surface area contributed by atoms with Gasteiger partial charge >= 0.3 is 0 Å².